The lowest BCUT2D eigenvalue weighted by molar-refractivity contribution is -0.113. The topological polar surface area (TPSA) is 52.3 Å². The van der Waals surface area contributed by atoms with E-state index < -0.39 is 5.91 Å². The third-order valence-electron chi connectivity index (χ3n) is 2.71. The van der Waals surface area contributed by atoms with Crippen molar-refractivity contribution in [3.05, 3.63) is 69.7 Å². The molecular weight excluding hydrogens is 309 g/mol. The van der Waals surface area contributed by atoms with Crippen molar-refractivity contribution in [1.29, 1.82) is 0 Å². The molecule has 2 N–H and O–H groups in total. The molecule has 0 aliphatic carbocycles. The third kappa shape index (κ3) is 4.81. The first-order valence-electron chi connectivity index (χ1n) is 6.19. The van der Waals surface area contributed by atoms with Gasteiger partial charge in [0.25, 0.3) is 0 Å². The van der Waals surface area contributed by atoms with Gasteiger partial charge in [-0.05, 0) is 35.9 Å². The molecule has 0 saturated heterocycles. The summed E-state index contributed by atoms with van der Waals surface area (Å²) in [5, 5.41) is 1.15. The zero-order valence-electron chi connectivity index (χ0n) is 11.1. The molecule has 0 bridgehead atoms. The van der Waals surface area contributed by atoms with Crippen molar-refractivity contribution in [2.75, 3.05) is 0 Å². The van der Waals surface area contributed by atoms with Gasteiger partial charge in [-0.25, -0.2) is 0 Å². The summed E-state index contributed by atoms with van der Waals surface area (Å²) in [5.74, 6) is 0.182. The number of ether oxygens (including phenoxy) is 1. The maximum absolute atomic E-state index is 10.7. The fourth-order valence-electron chi connectivity index (χ4n) is 1.69. The van der Waals surface area contributed by atoms with E-state index in [1.165, 1.54) is 6.08 Å². The highest BCUT2D eigenvalue weighted by Crippen LogP contribution is 2.23. The molecule has 2 aromatic rings. The smallest absolute Gasteiger partial charge is 0.241 e. The fraction of sp³-hybridized carbons (Fsp3) is 0.0625. The van der Waals surface area contributed by atoms with E-state index >= 15 is 0 Å². The van der Waals surface area contributed by atoms with Crippen LogP contribution in [-0.4, -0.2) is 5.91 Å². The third-order valence-corrected chi connectivity index (χ3v) is 3.29. The van der Waals surface area contributed by atoms with Crippen molar-refractivity contribution in [3.63, 3.8) is 0 Å². The molecule has 21 heavy (non-hydrogen) atoms. The van der Waals surface area contributed by atoms with Crippen LogP contribution in [-0.2, 0) is 11.4 Å². The van der Waals surface area contributed by atoms with Gasteiger partial charge in [0, 0.05) is 21.7 Å². The van der Waals surface area contributed by atoms with Gasteiger partial charge < -0.3 is 10.5 Å². The molecule has 2 aromatic carbocycles. The molecule has 0 saturated carbocycles. The van der Waals surface area contributed by atoms with Crippen molar-refractivity contribution in [1.82, 2.24) is 0 Å². The van der Waals surface area contributed by atoms with Crippen LogP contribution in [0.2, 0.25) is 10.0 Å². The molecular formula is C16H13Cl2NO2. The summed E-state index contributed by atoms with van der Waals surface area (Å²) in [4.78, 5) is 10.7. The number of amides is 1. The first-order valence-corrected chi connectivity index (χ1v) is 6.94. The van der Waals surface area contributed by atoms with Crippen LogP contribution < -0.4 is 10.5 Å². The number of hydrogen-bond donors (Lipinski definition) is 1. The average Bonchev–Trinajstić information content (AvgIpc) is 2.45. The molecule has 0 atom stereocenters. The SMILES string of the molecule is NC(=O)C=Cc1cccc(OCc2ccc(Cl)cc2Cl)c1. The van der Waals surface area contributed by atoms with Crippen molar-refractivity contribution < 1.29 is 9.53 Å². The number of rotatable bonds is 5. The van der Waals surface area contributed by atoms with Crippen LogP contribution in [0, 0.1) is 0 Å². The lowest BCUT2D eigenvalue weighted by Crippen LogP contribution is -2.05. The normalized spacial score (nSPS) is 10.8. The van der Waals surface area contributed by atoms with Crippen molar-refractivity contribution in [2.24, 2.45) is 5.73 Å². The lowest BCUT2D eigenvalue weighted by Gasteiger charge is -2.08. The Bertz CT molecular complexity index is 684. The number of carbonyl (C=O) groups is 1. The summed E-state index contributed by atoms with van der Waals surface area (Å²) in [6.07, 6.45) is 2.93. The van der Waals surface area contributed by atoms with Gasteiger partial charge in [-0.3, -0.25) is 4.79 Å². The molecule has 0 heterocycles. The number of hydrogen-bond acceptors (Lipinski definition) is 2. The van der Waals surface area contributed by atoms with Gasteiger partial charge in [-0.1, -0.05) is 41.4 Å². The number of nitrogens with two attached hydrogens (primary N) is 1. The standard InChI is InChI=1S/C16H13Cl2NO2/c17-13-6-5-12(15(18)9-13)10-21-14-3-1-2-11(8-14)4-7-16(19)20/h1-9H,10H2,(H2,19,20). The maximum Gasteiger partial charge on any atom is 0.241 e. The summed E-state index contributed by atoms with van der Waals surface area (Å²) >= 11 is 11.9. The molecule has 0 fully saturated rings. The maximum atomic E-state index is 10.7. The van der Waals surface area contributed by atoms with Crippen LogP contribution >= 0.6 is 23.2 Å². The molecule has 0 radical (unpaired) electrons. The van der Waals surface area contributed by atoms with Crippen LogP contribution in [0.5, 0.6) is 5.75 Å². The van der Waals surface area contributed by atoms with E-state index in [1.807, 2.05) is 30.3 Å². The monoisotopic (exact) mass is 321 g/mol. The molecule has 108 valence electrons. The highest BCUT2D eigenvalue weighted by atomic mass is 35.5. The van der Waals surface area contributed by atoms with Crippen molar-refractivity contribution in [2.45, 2.75) is 6.61 Å². The first kappa shape index (κ1) is 15.4. The summed E-state index contributed by atoms with van der Waals surface area (Å²) in [7, 11) is 0. The van der Waals surface area contributed by atoms with E-state index in [1.54, 1.807) is 18.2 Å². The largest absolute Gasteiger partial charge is 0.489 e. The van der Waals surface area contributed by atoms with Crippen LogP contribution in [0.25, 0.3) is 6.08 Å². The second-order valence-electron chi connectivity index (χ2n) is 4.33. The zero-order valence-corrected chi connectivity index (χ0v) is 12.6. The predicted octanol–water partition coefficient (Wildman–Crippen LogP) is 4.07. The molecule has 3 nitrogen and oxygen atoms in total. The Hall–Kier alpha value is -1.97. The minimum atomic E-state index is -0.491. The van der Waals surface area contributed by atoms with Gasteiger partial charge >= 0.3 is 0 Å². The molecule has 2 rings (SSSR count). The van der Waals surface area contributed by atoms with E-state index in [2.05, 4.69) is 0 Å². The molecule has 0 aromatic heterocycles. The van der Waals surface area contributed by atoms with Crippen LogP contribution in [0.15, 0.2) is 48.5 Å². The predicted molar refractivity (Wildman–Crippen MR) is 85.5 cm³/mol. The molecule has 0 aliphatic heterocycles. The molecule has 1 amide bonds. The Morgan fingerprint density at radius 1 is 1.19 bits per heavy atom. The Morgan fingerprint density at radius 2 is 2.00 bits per heavy atom. The van der Waals surface area contributed by atoms with E-state index in [0.29, 0.717) is 22.4 Å². The van der Waals surface area contributed by atoms with Crippen molar-refractivity contribution >= 4 is 35.2 Å². The minimum absolute atomic E-state index is 0.332. The quantitative estimate of drug-likeness (QED) is 0.844. The van der Waals surface area contributed by atoms with Crippen LogP contribution in [0.1, 0.15) is 11.1 Å². The molecule has 0 aliphatic rings. The van der Waals surface area contributed by atoms with Crippen molar-refractivity contribution in [3.8, 4) is 5.75 Å². The van der Waals surface area contributed by atoms with E-state index in [0.717, 1.165) is 11.1 Å². The molecule has 0 spiro atoms. The second kappa shape index (κ2) is 7.16. The van der Waals surface area contributed by atoms with Gasteiger partial charge in [0.15, 0.2) is 0 Å². The Balaban J connectivity index is 2.06. The fourth-order valence-corrected chi connectivity index (χ4v) is 2.15. The number of benzene rings is 2. The molecule has 0 unspecified atom stereocenters. The minimum Gasteiger partial charge on any atom is -0.489 e. The zero-order chi connectivity index (χ0) is 15.2. The van der Waals surface area contributed by atoms with E-state index in [-0.39, 0.29) is 0 Å². The summed E-state index contributed by atoms with van der Waals surface area (Å²) < 4.78 is 5.68. The van der Waals surface area contributed by atoms with E-state index in [9.17, 15) is 4.79 Å². The Morgan fingerprint density at radius 3 is 2.71 bits per heavy atom. The van der Waals surface area contributed by atoms with Crippen LogP contribution in [0.4, 0.5) is 0 Å². The Labute approximate surface area is 132 Å². The van der Waals surface area contributed by atoms with Gasteiger partial charge in [-0.15, -0.1) is 0 Å². The average molecular weight is 322 g/mol. The van der Waals surface area contributed by atoms with Crippen LogP contribution in [0.3, 0.4) is 0 Å². The highest BCUT2D eigenvalue weighted by Gasteiger charge is 2.03. The second-order valence-corrected chi connectivity index (χ2v) is 5.18. The number of halogens is 2. The van der Waals surface area contributed by atoms with E-state index in [4.69, 9.17) is 33.7 Å². The Kier molecular flexibility index (Phi) is 5.26. The van der Waals surface area contributed by atoms with Gasteiger partial charge in [0.1, 0.15) is 12.4 Å². The number of carbonyl (C=O) groups excluding carboxylic acids is 1. The van der Waals surface area contributed by atoms with Gasteiger partial charge in [-0.2, -0.15) is 0 Å². The highest BCUT2D eigenvalue weighted by molar-refractivity contribution is 6.35. The van der Waals surface area contributed by atoms with Gasteiger partial charge in [0.05, 0.1) is 0 Å². The number of primary amides is 1. The summed E-state index contributed by atoms with van der Waals surface area (Å²) in [5.41, 5.74) is 6.73. The summed E-state index contributed by atoms with van der Waals surface area (Å²) in [6.45, 7) is 0.332. The summed E-state index contributed by atoms with van der Waals surface area (Å²) in [6, 6.07) is 12.6. The van der Waals surface area contributed by atoms with Gasteiger partial charge in [0.2, 0.25) is 5.91 Å². The lowest BCUT2D eigenvalue weighted by atomic mass is 10.2. The molecule has 5 heteroatoms. The first-order chi connectivity index (χ1) is 10.0.